The van der Waals surface area contributed by atoms with E-state index in [1.807, 2.05) is 30.3 Å². The number of amides is 1. The van der Waals surface area contributed by atoms with Crippen molar-refractivity contribution in [3.8, 4) is 0 Å². The average Bonchev–Trinajstić information content (AvgIpc) is 3.18. The summed E-state index contributed by atoms with van der Waals surface area (Å²) in [4.78, 5) is 28.2. The summed E-state index contributed by atoms with van der Waals surface area (Å²) in [6, 6.07) is 11.9. The minimum atomic E-state index is -0.946. The van der Waals surface area contributed by atoms with Crippen LogP contribution in [0.1, 0.15) is 18.4 Å². The van der Waals surface area contributed by atoms with Gasteiger partial charge in [0.2, 0.25) is 5.91 Å². The Kier molecular flexibility index (Phi) is 6.96. The van der Waals surface area contributed by atoms with Gasteiger partial charge in [-0.3, -0.25) is 9.59 Å². The first-order chi connectivity index (χ1) is 14.9. The first-order valence-electron chi connectivity index (χ1n) is 10.2. The Labute approximate surface area is 195 Å². The van der Waals surface area contributed by atoms with E-state index in [1.165, 1.54) is 0 Å². The van der Waals surface area contributed by atoms with E-state index in [2.05, 4.69) is 15.3 Å². The van der Waals surface area contributed by atoms with Gasteiger partial charge < -0.3 is 14.9 Å². The number of piperazine rings is 1. The van der Waals surface area contributed by atoms with Crippen molar-refractivity contribution in [2.45, 2.75) is 24.2 Å². The van der Waals surface area contributed by atoms with Gasteiger partial charge in [-0.05, 0) is 60.3 Å². The highest BCUT2D eigenvalue weighted by Crippen LogP contribution is 2.34. The zero-order chi connectivity index (χ0) is 22.0. The maximum atomic E-state index is 12.3. The summed E-state index contributed by atoms with van der Waals surface area (Å²) in [5.41, 5.74) is 3.14. The lowest BCUT2D eigenvalue weighted by Gasteiger charge is -2.35. The molecule has 2 aromatic carbocycles. The third-order valence-corrected chi connectivity index (χ3v) is 7.37. The zero-order valence-electron chi connectivity index (χ0n) is 16.9. The molecule has 31 heavy (non-hydrogen) atoms. The Morgan fingerprint density at radius 3 is 2.42 bits per heavy atom. The SMILES string of the molecule is O=C(O)CCC(=O)N1CCc2cc(SN3CCN(c4ccc(Cl)c(Cl)c4)CC3)ccc21. The first-order valence-corrected chi connectivity index (χ1v) is 11.7. The second-order valence-electron chi connectivity index (χ2n) is 7.59. The van der Waals surface area contributed by atoms with Crippen LogP contribution in [0.25, 0.3) is 0 Å². The quantitative estimate of drug-likeness (QED) is 0.611. The topological polar surface area (TPSA) is 64.1 Å². The van der Waals surface area contributed by atoms with Crippen LogP contribution in [0.15, 0.2) is 41.3 Å². The molecule has 2 aliphatic rings. The van der Waals surface area contributed by atoms with Gasteiger partial charge in [-0.15, -0.1) is 0 Å². The summed E-state index contributed by atoms with van der Waals surface area (Å²) in [6.07, 6.45) is 0.703. The monoisotopic (exact) mass is 479 g/mol. The molecule has 1 N–H and O–H groups in total. The van der Waals surface area contributed by atoms with E-state index >= 15 is 0 Å². The molecule has 1 saturated heterocycles. The van der Waals surface area contributed by atoms with E-state index in [4.69, 9.17) is 28.3 Å². The fourth-order valence-corrected chi connectivity index (χ4v) is 5.17. The Hall–Kier alpha value is -1.93. The van der Waals surface area contributed by atoms with Crippen LogP contribution in [-0.2, 0) is 16.0 Å². The Balaban J connectivity index is 1.33. The molecule has 0 bridgehead atoms. The number of carboxylic acid groups (broad SMARTS) is 1. The van der Waals surface area contributed by atoms with Crippen molar-refractivity contribution in [3.63, 3.8) is 0 Å². The lowest BCUT2D eigenvalue weighted by atomic mass is 10.2. The third-order valence-electron chi connectivity index (χ3n) is 5.54. The van der Waals surface area contributed by atoms with Gasteiger partial charge in [0.1, 0.15) is 0 Å². The van der Waals surface area contributed by atoms with E-state index in [1.54, 1.807) is 16.8 Å². The number of benzene rings is 2. The van der Waals surface area contributed by atoms with Crippen molar-refractivity contribution in [2.75, 3.05) is 42.5 Å². The maximum Gasteiger partial charge on any atom is 0.303 e. The van der Waals surface area contributed by atoms with Crippen LogP contribution < -0.4 is 9.80 Å². The number of aliphatic carboxylic acids is 1. The molecule has 164 valence electrons. The molecule has 2 aliphatic heterocycles. The molecule has 0 spiro atoms. The van der Waals surface area contributed by atoms with E-state index < -0.39 is 5.97 Å². The molecule has 9 heteroatoms. The van der Waals surface area contributed by atoms with Crippen LogP contribution in [0, 0.1) is 0 Å². The van der Waals surface area contributed by atoms with E-state index in [-0.39, 0.29) is 18.7 Å². The largest absolute Gasteiger partial charge is 0.481 e. The second kappa shape index (κ2) is 9.69. The molecule has 1 fully saturated rings. The van der Waals surface area contributed by atoms with Crippen molar-refractivity contribution in [3.05, 3.63) is 52.0 Å². The third kappa shape index (κ3) is 5.29. The van der Waals surface area contributed by atoms with Gasteiger partial charge in [0, 0.05) is 55.4 Å². The van der Waals surface area contributed by atoms with Gasteiger partial charge in [-0.2, -0.15) is 0 Å². The number of carboxylic acids is 1. The number of hydrogen-bond acceptors (Lipinski definition) is 5. The van der Waals surface area contributed by atoms with Gasteiger partial charge in [0.15, 0.2) is 0 Å². The van der Waals surface area contributed by atoms with Gasteiger partial charge in [-0.1, -0.05) is 23.2 Å². The number of anilines is 2. The Morgan fingerprint density at radius 1 is 0.935 bits per heavy atom. The molecule has 0 saturated carbocycles. The fourth-order valence-electron chi connectivity index (χ4n) is 3.91. The highest BCUT2D eigenvalue weighted by atomic mass is 35.5. The number of fused-ring (bicyclic) bond motifs is 1. The van der Waals surface area contributed by atoms with Gasteiger partial charge in [-0.25, -0.2) is 4.31 Å². The van der Waals surface area contributed by atoms with Crippen LogP contribution in [0.4, 0.5) is 11.4 Å². The van der Waals surface area contributed by atoms with Crippen LogP contribution in [0.2, 0.25) is 10.0 Å². The van der Waals surface area contributed by atoms with Crippen LogP contribution >= 0.6 is 35.1 Å². The van der Waals surface area contributed by atoms with Crippen LogP contribution in [-0.4, -0.2) is 54.0 Å². The molecule has 1 amide bonds. The molecule has 4 rings (SSSR count). The second-order valence-corrected chi connectivity index (χ2v) is 9.57. The van der Waals surface area contributed by atoms with Gasteiger partial charge in [0.05, 0.1) is 16.5 Å². The predicted octanol–water partition coefficient (Wildman–Crippen LogP) is 4.58. The highest BCUT2D eigenvalue weighted by molar-refractivity contribution is 7.97. The number of carbonyl (C=O) groups is 2. The minimum absolute atomic E-state index is 0.0361. The predicted molar refractivity (Wildman–Crippen MR) is 125 cm³/mol. The van der Waals surface area contributed by atoms with Crippen molar-refractivity contribution in [1.82, 2.24) is 4.31 Å². The van der Waals surface area contributed by atoms with Gasteiger partial charge >= 0.3 is 5.97 Å². The van der Waals surface area contributed by atoms with Gasteiger partial charge in [0.25, 0.3) is 0 Å². The summed E-state index contributed by atoms with van der Waals surface area (Å²) >= 11 is 13.9. The molecule has 0 aromatic heterocycles. The molecule has 2 aromatic rings. The van der Waals surface area contributed by atoms with Crippen molar-refractivity contribution in [2.24, 2.45) is 0 Å². The molecule has 0 unspecified atom stereocenters. The molecule has 0 radical (unpaired) electrons. The highest BCUT2D eigenvalue weighted by Gasteiger charge is 2.26. The fraction of sp³-hybridized carbons (Fsp3) is 0.364. The lowest BCUT2D eigenvalue weighted by Crippen LogP contribution is -2.43. The van der Waals surface area contributed by atoms with Crippen molar-refractivity contribution in [1.29, 1.82) is 0 Å². The summed E-state index contributed by atoms with van der Waals surface area (Å²) in [6.45, 7) is 4.26. The Morgan fingerprint density at radius 2 is 1.71 bits per heavy atom. The molecular weight excluding hydrogens is 457 g/mol. The summed E-state index contributed by atoms with van der Waals surface area (Å²) in [5.74, 6) is -1.07. The summed E-state index contributed by atoms with van der Waals surface area (Å²) in [5, 5.41) is 9.95. The van der Waals surface area contributed by atoms with Crippen LogP contribution in [0.3, 0.4) is 0 Å². The molecule has 0 aliphatic carbocycles. The van der Waals surface area contributed by atoms with Crippen molar-refractivity contribution < 1.29 is 14.7 Å². The number of rotatable bonds is 6. The smallest absolute Gasteiger partial charge is 0.303 e. The first kappa shape index (κ1) is 22.3. The normalized spacial score (nSPS) is 16.5. The van der Waals surface area contributed by atoms with E-state index in [0.717, 1.165) is 54.4 Å². The molecule has 6 nitrogen and oxygen atoms in total. The number of halogens is 2. The minimum Gasteiger partial charge on any atom is -0.481 e. The zero-order valence-corrected chi connectivity index (χ0v) is 19.2. The number of carbonyl (C=O) groups excluding carboxylic acids is 1. The van der Waals surface area contributed by atoms with E-state index in [9.17, 15) is 9.59 Å². The lowest BCUT2D eigenvalue weighted by molar-refractivity contribution is -0.138. The number of hydrogen-bond donors (Lipinski definition) is 1. The molecular formula is C22H23Cl2N3O3S. The van der Waals surface area contributed by atoms with Crippen LogP contribution in [0.5, 0.6) is 0 Å². The molecule has 2 heterocycles. The number of nitrogens with zero attached hydrogens (tertiary/aromatic N) is 3. The molecule has 0 atom stereocenters. The maximum absolute atomic E-state index is 12.3. The standard InChI is InChI=1S/C22H23Cl2N3O3S/c23-18-3-1-16(14-19(18)24)25-9-11-26(12-10-25)31-17-2-4-20-15(13-17)7-8-27(20)21(28)5-6-22(29)30/h1-4,13-14H,5-12H2,(H,29,30). The van der Waals surface area contributed by atoms with Crippen molar-refractivity contribution >= 4 is 58.4 Å². The van der Waals surface area contributed by atoms with E-state index in [0.29, 0.717) is 16.6 Å². The average molecular weight is 480 g/mol. The summed E-state index contributed by atoms with van der Waals surface area (Å²) < 4.78 is 2.35. The summed E-state index contributed by atoms with van der Waals surface area (Å²) in [7, 11) is 0. The Bertz CT molecular complexity index is 996.